The number of ether oxygens (including phenoxy) is 1. The predicted molar refractivity (Wildman–Crippen MR) is 60.0 cm³/mol. The second-order valence-corrected chi connectivity index (χ2v) is 3.40. The number of nitrogens with one attached hydrogen (secondary N) is 1. The molecule has 1 N–H and O–H groups in total. The first-order valence-electron chi connectivity index (χ1n) is 4.92. The fourth-order valence-corrected chi connectivity index (χ4v) is 1.74. The monoisotopic (exact) mass is 234 g/mol. The number of rotatable bonds is 3. The van der Waals surface area contributed by atoms with Crippen LogP contribution in [0.2, 0.25) is 0 Å². The van der Waals surface area contributed by atoms with Crippen molar-refractivity contribution in [3.63, 3.8) is 0 Å². The summed E-state index contributed by atoms with van der Waals surface area (Å²) >= 11 is 0. The zero-order valence-electron chi connectivity index (χ0n) is 9.10. The standard InChI is InChI=1S/C11H10N2O4/c1-17-10(15)7-3-2-4-8-9(7)13(5-6-14)11(16)12-8/h2-4,6H,5H2,1H3,(H,12,16). The minimum absolute atomic E-state index is 0.104. The van der Waals surface area contributed by atoms with Crippen molar-refractivity contribution in [2.45, 2.75) is 6.54 Å². The molecule has 17 heavy (non-hydrogen) atoms. The van der Waals surface area contributed by atoms with Crippen molar-refractivity contribution in [3.8, 4) is 0 Å². The van der Waals surface area contributed by atoms with E-state index in [0.29, 0.717) is 17.3 Å². The maximum atomic E-state index is 11.6. The molecule has 0 aliphatic rings. The summed E-state index contributed by atoms with van der Waals surface area (Å²) in [5, 5.41) is 0. The first kappa shape index (κ1) is 11.1. The maximum absolute atomic E-state index is 11.6. The largest absolute Gasteiger partial charge is 0.465 e. The molecule has 0 aliphatic carbocycles. The van der Waals surface area contributed by atoms with Crippen LogP contribution >= 0.6 is 0 Å². The number of carbonyl (C=O) groups is 2. The molecule has 6 heteroatoms. The summed E-state index contributed by atoms with van der Waals surface area (Å²) < 4.78 is 5.83. The third-order valence-electron chi connectivity index (χ3n) is 2.46. The van der Waals surface area contributed by atoms with E-state index in [1.807, 2.05) is 0 Å². The summed E-state index contributed by atoms with van der Waals surface area (Å²) in [6.07, 6.45) is 0.600. The zero-order valence-corrected chi connectivity index (χ0v) is 9.10. The van der Waals surface area contributed by atoms with Gasteiger partial charge in [0.1, 0.15) is 6.29 Å². The SMILES string of the molecule is COC(=O)c1cccc2[nH]c(=O)n(CC=O)c12. The number of para-hydroxylation sites is 1. The van der Waals surface area contributed by atoms with Gasteiger partial charge in [0, 0.05) is 0 Å². The maximum Gasteiger partial charge on any atom is 0.340 e. The van der Waals surface area contributed by atoms with Crippen molar-refractivity contribution in [1.82, 2.24) is 9.55 Å². The number of aromatic nitrogens is 2. The van der Waals surface area contributed by atoms with Gasteiger partial charge in [-0.2, -0.15) is 0 Å². The Hall–Kier alpha value is -2.37. The number of imidazole rings is 1. The fraction of sp³-hybridized carbons (Fsp3) is 0.182. The number of carbonyl (C=O) groups excluding carboxylic acids is 2. The first-order chi connectivity index (χ1) is 8.19. The highest BCUT2D eigenvalue weighted by Crippen LogP contribution is 2.16. The van der Waals surface area contributed by atoms with Crippen LogP contribution in [0.25, 0.3) is 11.0 Å². The smallest absolute Gasteiger partial charge is 0.340 e. The molecule has 0 unspecified atom stereocenters. The van der Waals surface area contributed by atoms with Crippen LogP contribution in [-0.4, -0.2) is 28.9 Å². The molecule has 0 spiro atoms. The number of hydrogen-bond donors (Lipinski definition) is 1. The number of fused-ring (bicyclic) bond motifs is 1. The molecule has 2 rings (SSSR count). The summed E-state index contributed by atoms with van der Waals surface area (Å²) in [6, 6.07) is 4.84. The average molecular weight is 234 g/mol. The number of aldehydes is 1. The molecule has 0 radical (unpaired) electrons. The number of hydrogen-bond acceptors (Lipinski definition) is 4. The minimum Gasteiger partial charge on any atom is -0.465 e. The minimum atomic E-state index is -0.547. The molecule has 88 valence electrons. The third kappa shape index (κ3) is 1.73. The van der Waals surface area contributed by atoms with Crippen LogP contribution in [0.15, 0.2) is 23.0 Å². The average Bonchev–Trinajstić information content (AvgIpc) is 2.65. The molecule has 0 fully saturated rings. The van der Waals surface area contributed by atoms with Gasteiger partial charge < -0.3 is 14.5 Å². The van der Waals surface area contributed by atoms with Crippen LogP contribution in [0.3, 0.4) is 0 Å². The van der Waals surface area contributed by atoms with E-state index in [1.54, 1.807) is 18.2 Å². The molecule has 0 saturated heterocycles. The molecule has 6 nitrogen and oxygen atoms in total. The predicted octanol–water partition coefficient (Wildman–Crippen LogP) is 0.315. The Balaban J connectivity index is 2.80. The summed E-state index contributed by atoms with van der Waals surface area (Å²) in [4.78, 5) is 36.2. The highest BCUT2D eigenvalue weighted by atomic mass is 16.5. The van der Waals surface area contributed by atoms with Crippen molar-refractivity contribution >= 4 is 23.3 Å². The van der Waals surface area contributed by atoms with Crippen molar-refractivity contribution in [1.29, 1.82) is 0 Å². The van der Waals surface area contributed by atoms with Gasteiger partial charge in [0.15, 0.2) is 0 Å². The van der Waals surface area contributed by atoms with Crippen LogP contribution in [0, 0.1) is 0 Å². The van der Waals surface area contributed by atoms with Gasteiger partial charge in [-0.05, 0) is 12.1 Å². The van der Waals surface area contributed by atoms with Crippen LogP contribution in [0.5, 0.6) is 0 Å². The molecule has 0 amide bonds. The molecule has 0 saturated carbocycles. The Bertz CT molecular complexity index is 638. The van der Waals surface area contributed by atoms with Gasteiger partial charge in [-0.15, -0.1) is 0 Å². The number of H-pyrrole nitrogens is 1. The van der Waals surface area contributed by atoms with Gasteiger partial charge in [-0.3, -0.25) is 4.57 Å². The molecule has 2 aromatic rings. The summed E-state index contributed by atoms with van der Waals surface area (Å²) in [6.45, 7) is -0.104. The lowest BCUT2D eigenvalue weighted by atomic mass is 10.2. The first-order valence-corrected chi connectivity index (χ1v) is 4.92. The molecule has 0 aliphatic heterocycles. The molecule has 0 bridgehead atoms. The van der Waals surface area contributed by atoms with Crippen molar-refractivity contribution in [2.24, 2.45) is 0 Å². The van der Waals surface area contributed by atoms with E-state index in [1.165, 1.54) is 11.7 Å². The lowest BCUT2D eigenvalue weighted by molar-refractivity contribution is -0.108. The van der Waals surface area contributed by atoms with Crippen LogP contribution in [0.1, 0.15) is 10.4 Å². The van der Waals surface area contributed by atoms with Gasteiger partial charge in [-0.1, -0.05) is 6.07 Å². The molecule has 0 atom stereocenters. The summed E-state index contributed by atoms with van der Waals surface area (Å²) in [7, 11) is 1.26. The van der Waals surface area contributed by atoms with Gasteiger partial charge >= 0.3 is 11.7 Å². The van der Waals surface area contributed by atoms with E-state index >= 15 is 0 Å². The van der Waals surface area contributed by atoms with E-state index in [-0.39, 0.29) is 12.1 Å². The summed E-state index contributed by atoms with van der Waals surface area (Å²) in [5.74, 6) is -0.547. The van der Waals surface area contributed by atoms with Gasteiger partial charge in [-0.25, -0.2) is 9.59 Å². The lowest BCUT2D eigenvalue weighted by Gasteiger charge is -2.03. The van der Waals surface area contributed by atoms with E-state index in [0.717, 1.165) is 0 Å². The van der Waals surface area contributed by atoms with E-state index in [4.69, 9.17) is 0 Å². The van der Waals surface area contributed by atoms with Crippen molar-refractivity contribution in [2.75, 3.05) is 7.11 Å². The number of methoxy groups -OCH3 is 1. The number of benzene rings is 1. The van der Waals surface area contributed by atoms with E-state index in [9.17, 15) is 14.4 Å². The molecule has 1 aromatic heterocycles. The molecular weight excluding hydrogens is 224 g/mol. The highest BCUT2D eigenvalue weighted by molar-refractivity contribution is 6.02. The lowest BCUT2D eigenvalue weighted by Crippen LogP contribution is -2.18. The molecule has 1 aromatic carbocycles. The van der Waals surface area contributed by atoms with Crippen molar-refractivity contribution in [3.05, 3.63) is 34.2 Å². The quantitative estimate of drug-likeness (QED) is 0.612. The Morgan fingerprint density at radius 3 is 2.94 bits per heavy atom. The Morgan fingerprint density at radius 2 is 2.29 bits per heavy atom. The fourth-order valence-electron chi connectivity index (χ4n) is 1.74. The van der Waals surface area contributed by atoms with Crippen LogP contribution in [0.4, 0.5) is 0 Å². The van der Waals surface area contributed by atoms with Crippen molar-refractivity contribution < 1.29 is 14.3 Å². The second-order valence-electron chi connectivity index (χ2n) is 3.40. The molecular formula is C11H10N2O4. The van der Waals surface area contributed by atoms with Gasteiger partial charge in [0.05, 0.1) is 30.3 Å². The topological polar surface area (TPSA) is 81.2 Å². The van der Waals surface area contributed by atoms with Crippen LogP contribution in [-0.2, 0) is 16.1 Å². The zero-order chi connectivity index (χ0) is 12.4. The Kier molecular flexibility index (Phi) is 2.78. The van der Waals surface area contributed by atoms with E-state index < -0.39 is 11.7 Å². The van der Waals surface area contributed by atoms with Gasteiger partial charge in [0.25, 0.3) is 0 Å². The number of aromatic amines is 1. The Morgan fingerprint density at radius 1 is 1.53 bits per heavy atom. The number of nitrogens with zero attached hydrogens (tertiary/aromatic N) is 1. The third-order valence-corrected chi connectivity index (χ3v) is 2.46. The highest BCUT2D eigenvalue weighted by Gasteiger charge is 2.15. The van der Waals surface area contributed by atoms with E-state index in [2.05, 4.69) is 9.72 Å². The molecule has 1 heterocycles. The van der Waals surface area contributed by atoms with Gasteiger partial charge in [0.2, 0.25) is 0 Å². The normalized spacial score (nSPS) is 10.4. The second kappa shape index (κ2) is 4.25. The Labute approximate surface area is 95.8 Å². The number of esters is 1. The summed E-state index contributed by atoms with van der Waals surface area (Å²) in [5.41, 5.74) is 0.713. The van der Waals surface area contributed by atoms with Crippen LogP contribution < -0.4 is 5.69 Å².